The van der Waals surface area contributed by atoms with Gasteiger partial charge in [-0.25, -0.2) is 9.97 Å². The van der Waals surface area contributed by atoms with Gasteiger partial charge in [-0.15, -0.1) is 0 Å². The Morgan fingerprint density at radius 2 is 1.85 bits per heavy atom. The number of ether oxygens (including phenoxy) is 1. The highest BCUT2D eigenvalue weighted by atomic mass is 16.5. The van der Waals surface area contributed by atoms with Crippen molar-refractivity contribution in [2.75, 3.05) is 20.2 Å². The molecule has 0 spiro atoms. The SMILES string of the molecule is CCCNCCc1c(C)nc(C(OC)C2CC2)nc1C. The summed E-state index contributed by atoms with van der Waals surface area (Å²) in [6.45, 7) is 8.43. The van der Waals surface area contributed by atoms with E-state index in [1.807, 2.05) is 0 Å². The molecule has 0 radical (unpaired) electrons. The maximum atomic E-state index is 5.59. The van der Waals surface area contributed by atoms with E-state index < -0.39 is 0 Å². The molecule has 1 unspecified atom stereocenters. The Hall–Kier alpha value is -1.00. The molecule has 0 bridgehead atoms. The van der Waals surface area contributed by atoms with Crippen molar-refractivity contribution >= 4 is 0 Å². The van der Waals surface area contributed by atoms with E-state index in [1.165, 1.54) is 24.8 Å². The lowest BCUT2D eigenvalue weighted by Gasteiger charge is -2.16. The molecule has 2 rings (SSSR count). The summed E-state index contributed by atoms with van der Waals surface area (Å²) in [5.41, 5.74) is 3.49. The van der Waals surface area contributed by atoms with Crippen molar-refractivity contribution < 1.29 is 4.74 Å². The minimum atomic E-state index is 0.0830. The lowest BCUT2D eigenvalue weighted by atomic mass is 10.1. The molecule has 4 nitrogen and oxygen atoms in total. The summed E-state index contributed by atoms with van der Waals surface area (Å²) in [5.74, 6) is 1.49. The number of hydrogen-bond donors (Lipinski definition) is 1. The van der Waals surface area contributed by atoms with Crippen molar-refractivity contribution in [3.05, 3.63) is 22.8 Å². The molecule has 1 aliphatic carbocycles. The standard InChI is InChI=1S/C16H27N3O/c1-5-9-17-10-8-14-11(2)18-16(19-12(14)3)15(20-4)13-6-7-13/h13,15,17H,5-10H2,1-4H3. The van der Waals surface area contributed by atoms with E-state index in [0.29, 0.717) is 5.92 Å². The van der Waals surface area contributed by atoms with Crippen LogP contribution in [0.4, 0.5) is 0 Å². The molecule has 1 fully saturated rings. The fraction of sp³-hybridized carbons (Fsp3) is 0.750. The predicted octanol–water partition coefficient (Wildman–Crippen LogP) is 2.73. The van der Waals surface area contributed by atoms with Crippen molar-refractivity contribution in [2.24, 2.45) is 5.92 Å². The topological polar surface area (TPSA) is 47.0 Å². The van der Waals surface area contributed by atoms with Crippen LogP contribution in [0.2, 0.25) is 0 Å². The lowest BCUT2D eigenvalue weighted by Crippen LogP contribution is -2.20. The van der Waals surface area contributed by atoms with E-state index in [4.69, 9.17) is 14.7 Å². The number of nitrogens with zero attached hydrogens (tertiary/aromatic N) is 2. The maximum Gasteiger partial charge on any atom is 0.157 e. The third kappa shape index (κ3) is 3.76. The predicted molar refractivity (Wildman–Crippen MR) is 80.8 cm³/mol. The summed E-state index contributed by atoms with van der Waals surface area (Å²) in [6, 6.07) is 0. The number of aromatic nitrogens is 2. The third-order valence-corrected chi connectivity index (χ3v) is 3.98. The first-order chi connectivity index (χ1) is 9.67. The van der Waals surface area contributed by atoms with Crippen molar-refractivity contribution in [1.29, 1.82) is 0 Å². The second kappa shape index (κ2) is 7.14. The Labute approximate surface area is 122 Å². The monoisotopic (exact) mass is 277 g/mol. The van der Waals surface area contributed by atoms with E-state index >= 15 is 0 Å². The fourth-order valence-electron chi connectivity index (χ4n) is 2.68. The zero-order chi connectivity index (χ0) is 14.5. The van der Waals surface area contributed by atoms with Gasteiger partial charge in [-0.1, -0.05) is 6.92 Å². The number of hydrogen-bond acceptors (Lipinski definition) is 4. The number of methoxy groups -OCH3 is 1. The van der Waals surface area contributed by atoms with Crippen LogP contribution in [0.5, 0.6) is 0 Å². The van der Waals surface area contributed by atoms with Crippen LogP contribution in [0.1, 0.15) is 55.1 Å². The van der Waals surface area contributed by atoms with Gasteiger partial charge in [0.1, 0.15) is 6.10 Å². The largest absolute Gasteiger partial charge is 0.373 e. The Morgan fingerprint density at radius 3 is 2.35 bits per heavy atom. The number of nitrogens with one attached hydrogen (secondary N) is 1. The average Bonchev–Trinajstić information content (AvgIpc) is 3.22. The highest BCUT2D eigenvalue weighted by Crippen LogP contribution is 2.42. The van der Waals surface area contributed by atoms with Crippen LogP contribution < -0.4 is 5.32 Å². The summed E-state index contributed by atoms with van der Waals surface area (Å²) in [4.78, 5) is 9.40. The van der Waals surface area contributed by atoms with Gasteiger partial charge in [0.05, 0.1) is 0 Å². The zero-order valence-corrected chi connectivity index (χ0v) is 13.2. The molecule has 4 heteroatoms. The third-order valence-electron chi connectivity index (χ3n) is 3.98. The van der Waals surface area contributed by atoms with E-state index in [1.54, 1.807) is 7.11 Å². The number of rotatable bonds is 8. The Balaban J connectivity index is 2.07. The summed E-state index contributed by atoms with van der Waals surface area (Å²) in [5, 5.41) is 3.43. The van der Waals surface area contributed by atoms with Gasteiger partial charge in [0.15, 0.2) is 5.82 Å². The molecule has 1 aromatic rings. The van der Waals surface area contributed by atoms with Crippen LogP contribution in [-0.2, 0) is 11.2 Å². The van der Waals surface area contributed by atoms with Crippen molar-refractivity contribution in [2.45, 2.75) is 52.6 Å². The van der Waals surface area contributed by atoms with Gasteiger partial charge in [0.25, 0.3) is 0 Å². The van der Waals surface area contributed by atoms with Crippen LogP contribution in [-0.4, -0.2) is 30.2 Å². The van der Waals surface area contributed by atoms with Crippen molar-refractivity contribution in [3.63, 3.8) is 0 Å². The first-order valence-electron chi connectivity index (χ1n) is 7.74. The van der Waals surface area contributed by atoms with Gasteiger partial charge >= 0.3 is 0 Å². The molecule has 112 valence electrons. The highest BCUT2D eigenvalue weighted by Gasteiger charge is 2.34. The number of aryl methyl sites for hydroxylation is 2. The highest BCUT2D eigenvalue weighted by molar-refractivity contribution is 5.25. The van der Waals surface area contributed by atoms with E-state index in [0.717, 1.165) is 36.7 Å². The van der Waals surface area contributed by atoms with E-state index in [2.05, 4.69) is 26.1 Å². The Kier molecular flexibility index (Phi) is 5.49. The molecular weight excluding hydrogens is 250 g/mol. The zero-order valence-electron chi connectivity index (χ0n) is 13.2. The normalized spacial score (nSPS) is 16.4. The van der Waals surface area contributed by atoms with Gasteiger partial charge in [-0.05, 0) is 64.1 Å². The van der Waals surface area contributed by atoms with Crippen LogP contribution >= 0.6 is 0 Å². The molecule has 0 aromatic carbocycles. The molecule has 1 aromatic heterocycles. The lowest BCUT2D eigenvalue weighted by molar-refractivity contribution is 0.0768. The maximum absolute atomic E-state index is 5.59. The van der Waals surface area contributed by atoms with E-state index in [-0.39, 0.29) is 6.10 Å². The first kappa shape index (κ1) is 15.4. The summed E-state index contributed by atoms with van der Waals surface area (Å²) in [6.07, 6.45) is 4.73. The Bertz CT molecular complexity index is 420. The van der Waals surface area contributed by atoms with E-state index in [9.17, 15) is 0 Å². The second-order valence-corrected chi connectivity index (χ2v) is 5.72. The minimum absolute atomic E-state index is 0.0830. The van der Waals surface area contributed by atoms with Crippen LogP contribution in [0, 0.1) is 19.8 Å². The second-order valence-electron chi connectivity index (χ2n) is 5.72. The quantitative estimate of drug-likeness (QED) is 0.742. The summed E-state index contributed by atoms with van der Waals surface area (Å²) < 4.78 is 5.59. The molecule has 0 aliphatic heterocycles. The molecule has 0 amide bonds. The van der Waals surface area contributed by atoms with Gasteiger partial charge in [0, 0.05) is 18.5 Å². The molecule has 1 saturated carbocycles. The molecular formula is C16H27N3O. The van der Waals surface area contributed by atoms with Crippen LogP contribution in [0.3, 0.4) is 0 Å². The fourth-order valence-corrected chi connectivity index (χ4v) is 2.68. The molecule has 1 heterocycles. The average molecular weight is 277 g/mol. The van der Waals surface area contributed by atoms with Crippen LogP contribution in [0.25, 0.3) is 0 Å². The van der Waals surface area contributed by atoms with Crippen molar-refractivity contribution in [1.82, 2.24) is 15.3 Å². The summed E-state index contributed by atoms with van der Waals surface area (Å²) >= 11 is 0. The minimum Gasteiger partial charge on any atom is -0.373 e. The van der Waals surface area contributed by atoms with Gasteiger partial charge in [0.2, 0.25) is 0 Å². The van der Waals surface area contributed by atoms with Crippen LogP contribution in [0.15, 0.2) is 0 Å². The van der Waals surface area contributed by atoms with Gasteiger partial charge < -0.3 is 10.1 Å². The molecule has 1 N–H and O–H groups in total. The van der Waals surface area contributed by atoms with Crippen molar-refractivity contribution in [3.8, 4) is 0 Å². The molecule has 1 atom stereocenters. The van der Waals surface area contributed by atoms with Gasteiger partial charge in [-0.2, -0.15) is 0 Å². The smallest absolute Gasteiger partial charge is 0.157 e. The molecule has 1 aliphatic rings. The molecule has 20 heavy (non-hydrogen) atoms. The summed E-state index contributed by atoms with van der Waals surface area (Å²) in [7, 11) is 1.76. The van der Waals surface area contributed by atoms with Gasteiger partial charge in [-0.3, -0.25) is 0 Å². The Morgan fingerprint density at radius 1 is 1.20 bits per heavy atom. The molecule has 0 saturated heterocycles. The first-order valence-corrected chi connectivity index (χ1v) is 7.74.